The number of aromatic nitrogens is 4. The van der Waals surface area contributed by atoms with Gasteiger partial charge >= 0.3 is 6.03 Å². The number of carbonyl (C=O) groups excluding carboxylic acids is 1. The lowest BCUT2D eigenvalue weighted by Crippen LogP contribution is -2.29. The third-order valence-corrected chi connectivity index (χ3v) is 3.51. The summed E-state index contributed by atoms with van der Waals surface area (Å²) >= 11 is 0. The maximum absolute atomic E-state index is 12.0. The SMILES string of the molecule is CCc1cc(NC(=O)NCc2nc(-c3cccc(O)c3)no2)n(C)n1. The van der Waals surface area contributed by atoms with Gasteiger partial charge in [-0.3, -0.25) is 10.00 Å². The van der Waals surface area contributed by atoms with Crippen molar-refractivity contribution in [2.45, 2.75) is 19.9 Å². The summed E-state index contributed by atoms with van der Waals surface area (Å²) in [5, 5.41) is 22.9. The fourth-order valence-corrected chi connectivity index (χ4v) is 2.22. The number of phenols is 1. The monoisotopic (exact) mass is 342 g/mol. The number of rotatable bonds is 5. The largest absolute Gasteiger partial charge is 0.508 e. The van der Waals surface area contributed by atoms with E-state index in [9.17, 15) is 9.90 Å². The number of benzene rings is 1. The molecule has 0 atom stereocenters. The zero-order valence-electron chi connectivity index (χ0n) is 13.9. The minimum Gasteiger partial charge on any atom is -0.508 e. The lowest BCUT2D eigenvalue weighted by molar-refractivity contribution is 0.249. The van der Waals surface area contributed by atoms with Crippen molar-refractivity contribution in [3.05, 3.63) is 41.9 Å². The first-order chi connectivity index (χ1) is 12.0. The van der Waals surface area contributed by atoms with Crippen molar-refractivity contribution in [3.8, 4) is 17.1 Å². The van der Waals surface area contributed by atoms with Crippen molar-refractivity contribution in [2.24, 2.45) is 7.05 Å². The van der Waals surface area contributed by atoms with Crippen LogP contribution in [0.15, 0.2) is 34.9 Å². The lowest BCUT2D eigenvalue weighted by atomic mass is 10.2. The average Bonchev–Trinajstić information content (AvgIpc) is 3.20. The summed E-state index contributed by atoms with van der Waals surface area (Å²) in [4.78, 5) is 16.2. The predicted molar refractivity (Wildman–Crippen MR) is 89.8 cm³/mol. The molecule has 2 amide bonds. The molecule has 9 heteroatoms. The molecular weight excluding hydrogens is 324 g/mol. The molecule has 0 aliphatic rings. The zero-order valence-corrected chi connectivity index (χ0v) is 13.9. The standard InChI is InChI=1S/C16H18N6O3/c1-3-11-8-13(22(2)20-11)18-16(24)17-9-14-19-15(21-25-14)10-5-4-6-12(23)7-10/h4-8,23H,3,9H2,1-2H3,(H2,17,18,24). The molecule has 0 aliphatic carbocycles. The van der Waals surface area contributed by atoms with Crippen LogP contribution in [0, 0.1) is 0 Å². The van der Waals surface area contributed by atoms with Crippen molar-refractivity contribution >= 4 is 11.8 Å². The highest BCUT2D eigenvalue weighted by Gasteiger charge is 2.12. The van der Waals surface area contributed by atoms with Gasteiger partial charge in [-0.15, -0.1) is 0 Å². The van der Waals surface area contributed by atoms with Crippen LogP contribution < -0.4 is 10.6 Å². The molecule has 1 aromatic carbocycles. The Morgan fingerprint density at radius 2 is 2.20 bits per heavy atom. The summed E-state index contributed by atoms with van der Waals surface area (Å²) in [7, 11) is 1.76. The molecule has 0 radical (unpaired) electrons. The number of hydrogen-bond donors (Lipinski definition) is 3. The molecule has 0 fully saturated rings. The number of amides is 2. The second-order valence-corrected chi connectivity index (χ2v) is 5.37. The molecule has 3 aromatic rings. The van der Waals surface area contributed by atoms with E-state index in [4.69, 9.17) is 4.52 Å². The van der Waals surface area contributed by atoms with Crippen molar-refractivity contribution in [1.29, 1.82) is 0 Å². The van der Waals surface area contributed by atoms with Gasteiger partial charge in [0.25, 0.3) is 0 Å². The molecule has 9 nitrogen and oxygen atoms in total. The van der Waals surface area contributed by atoms with Gasteiger partial charge in [0.15, 0.2) is 0 Å². The molecule has 0 bridgehead atoms. The van der Waals surface area contributed by atoms with Gasteiger partial charge in [0.05, 0.1) is 12.2 Å². The van der Waals surface area contributed by atoms with E-state index < -0.39 is 6.03 Å². The summed E-state index contributed by atoms with van der Waals surface area (Å²) in [5.74, 6) is 1.31. The van der Waals surface area contributed by atoms with Crippen molar-refractivity contribution < 1.29 is 14.4 Å². The van der Waals surface area contributed by atoms with Crippen molar-refractivity contribution in [2.75, 3.05) is 5.32 Å². The highest BCUT2D eigenvalue weighted by Crippen LogP contribution is 2.20. The number of phenolic OH excluding ortho intramolecular Hbond substituents is 1. The number of hydrogen-bond acceptors (Lipinski definition) is 6. The molecule has 0 spiro atoms. The Labute approximate surface area is 143 Å². The van der Waals surface area contributed by atoms with Crippen LogP contribution in [0.2, 0.25) is 0 Å². The van der Waals surface area contributed by atoms with E-state index in [1.807, 2.05) is 13.0 Å². The Morgan fingerprint density at radius 3 is 2.92 bits per heavy atom. The quantitative estimate of drug-likeness (QED) is 0.653. The van der Waals surface area contributed by atoms with Crippen LogP contribution in [0.5, 0.6) is 5.75 Å². The summed E-state index contributed by atoms with van der Waals surface area (Å²) in [6, 6.07) is 7.93. The fourth-order valence-electron chi connectivity index (χ4n) is 2.22. The summed E-state index contributed by atoms with van der Waals surface area (Å²) < 4.78 is 6.70. The molecule has 0 aliphatic heterocycles. The maximum Gasteiger partial charge on any atom is 0.320 e. The van der Waals surface area contributed by atoms with E-state index in [1.54, 1.807) is 29.9 Å². The van der Waals surface area contributed by atoms with Gasteiger partial charge in [0, 0.05) is 18.7 Å². The molecule has 3 rings (SSSR count). The topological polar surface area (TPSA) is 118 Å². The Morgan fingerprint density at radius 1 is 1.36 bits per heavy atom. The van der Waals surface area contributed by atoms with Gasteiger partial charge in [-0.1, -0.05) is 24.2 Å². The smallest absolute Gasteiger partial charge is 0.320 e. The molecule has 0 saturated heterocycles. The Bertz CT molecular complexity index is 886. The summed E-state index contributed by atoms with van der Waals surface area (Å²) in [6.07, 6.45) is 0.789. The van der Waals surface area contributed by atoms with Gasteiger partial charge < -0.3 is 14.9 Å². The summed E-state index contributed by atoms with van der Waals surface area (Å²) in [5.41, 5.74) is 1.52. The van der Waals surface area contributed by atoms with Gasteiger partial charge in [-0.25, -0.2) is 4.79 Å². The number of nitrogens with one attached hydrogen (secondary N) is 2. The number of aryl methyl sites for hydroxylation is 2. The third-order valence-electron chi connectivity index (χ3n) is 3.51. The van der Waals surface area contributed by atoms with Crippen LogP contribution in [0.3, 0.4) is 0 Å². The maximum atomic E-state index is 12.0. The Hall–Kier alpha value is -3.36. The Kier molecular flexibility index (Phi) is 4.64. The van der Waals surface area contributed by atoms with Crippen LogP contribution in [0.1, 0.15) is 18.5 Å². The van der Waals surface area contributed by atoms with Gasteiger partial charge in [0.1, 0.15) is 11.6 Å². The van der Waals surface area contributed by atoms with E-state index in [0.29, 0.717) is 17.2 Å². The fraction of sp³-hybridized carbons (Fsp3) is 0.250. The first-order valence-corrected chi connectivity index (χ1v) is 7.75. The number of carbonyl (C=O) groups is 1. The van der Waals surface area contributed by atoms with E-state index in [1.165, 1.54) is 6.07 Å². The number of urea groups is 1. The molecule has 130 valence electrons. The van der Waals surface area contributed by atoms with E-state index in [-0.39, 0.29) is 18.2 Å². The van der Waals surface area contributed by atoms with E-state index in [0.717, 1.165) is 12.1 Å². The normalized spacial score (nSPS) is 10.6. The minimum absolute atomic E-state index is 0.0795. The molecule has 0 unspecified atom stereocenters. The molecule has 25 heavy (non-hydrogen) atoms. The molecule has 2 aromatic heterocycles. The minimum atomic E-state index is -0.400. The Balaban J connectivity index is 1.58. The average molecular weight is 342 g/mol. The molecular formula is C16H18N6O3. The number of anilines is 1. The first-order valence-electron chi connectivity index (χ1n) is 7.75. The van der Waals surface area contributed by atoms with Crippen LogP contribution in [0.25, 0.3) is 11.4 Å². The van der Waals surface area contributed by atoms with E-state index >= 15 is 0 Å². The second kappa shape index (κ2) is 7.04. The van der Waals surface area contributed by atoms with Gasteiger partial charge in [-0.2, -0.15) is 10.1 Å². The summed E-state index contributed by atoms with van der Waals surface area (Å²) in [6.45, 7) is 2.07. The lowest BCUT2D eigenvalue weighted by Gasteiger charge is -2.05. The molecule has 2 heterocycles. The molecule has 0 saturated carbocycles. The highest BCUT2D eigenvalue weighted by molar-refractivity contribution is 5.88. The van der Waals surface area contributed by atoms with Crippen molar-refractivity contribution in [3.63, 3.8) is 0 Å². The van der Waals surface area contributed by atoms with Gasteiger partial charge in [-0.05, 0) is 18.6 Å². The second-order valence-electron chi connectivity index (χ2n) is 5.37. The van der Waals surface area contributed by atoms with Crippen LogP contribution in [-0.4, -0.2) is 31.1 Å². The number of aromatic hydroxyl groups is 1. The highest BCUT2D eigenvalue weighted by atomic mass is 16.5. The first kappa shape index (κ1) is 16.5. The van der Waals surface area contributed by atoms with Crippen LogP contribution in [-0.2, 0) is 20.0 Å². The van der Waals surface area contributed by atoms with Crippen LogP contribution >= 0.6 is 0 Å². The van der Waals surface area contributed by atoms with Gasteiger partial charge in [0.2, 0.25) is 11.7 Å². The third kappa shape index (κ3) is 3.94. The van der Waals surface area contributed by atoms with Crippen molar-refractivity contribution in [1.82, 2.24) is 25.2 Å². The number of nitrogens with zero attached hydrogens (tertiary/aromatic N) is 4. The zero-order chi connectivity index (χ0) is 17.8. The molecule has 3 N–H and O–H groups in total. The predicted octanol–water partition coefficient (Wildman–Crippen LogP) is 2.06. The van der Waals surface area contributed by atoms with E-state index in [2.05, 4.69) is 25.9 Å². The van der Waals surface area contributed by atoms with Crippen LogP contribution in [0.4, 0.5) is 10.6 Å².